The summed E-state index contributed by atoms with van der Waals surface area (Å²) in [5.74, 6) is 0.855. The Morgan fingerprint density at radius 3 is 3.13 bits per heavy atom. The molecule has 0 radical (unpaired) electrons. The van der Waals surface area contributed by atoms with E-state index in [1.165, 1.54) is 0 Å². The van der Waals surface area contributed by atoms with Crippen LogP contribution in [-0.4, -0.2) is 19.3 Å². The van der Waals surface area contributed by atoms with Crippen molar-refractivity contribution >= 4 is 11.0 Å². The Balaban J connectivity index is 1.84. The number of benzene rings is 1. The minimum Gasteiger partial charge on any atom is -0.488 e. The second-order valence-electron chi connectivity index (χ2n) is 3.72. The van der Waals surface area contributed by atoms with Crippen molar-refractivity contribution in [2.24, 2.45) is 0 Å². The molecular weight excluding hydrogens is 192 g/mol. The zero-order valence-corrected chi connectivity index (χ0v) is 8.31. The fourth-order valence-corrected chi connectivity index (χ4v) is 1.81. The van der Waals surface area contributed by atoms with Gasteiger partial charge in [0.15, 0.2) is 0 Å². The summed E-state index contributed by atoms with van der Waals surface area (Å²) in [6, 6.07) is 7.84. The van der Waals surface area contributed by atoms with Gasteiger partial charge in [0, 0.05) is 17.9 Å². The van der Waals surface area contributed by atoms with Gasteiger partial charge in [-0.3, -0.25) is 0 Å². The second-order valence-corrected chi connectivity index (χ2v) is 3.72. The summed E-state index contributed by atoms with van der Waals surface area (Å²) >= 11 is 0. The minimum atomic E-state index is 0.192. The number of hydrogen-bond acceptors (Lipinski definition) is 3. The maximum atomic E-state index is 5.77. The van der Waals surface area contributed by atoms with E-state index in [1.54, 1.807) is 6.26 Å². The van der Waals surface area contributed by atoms with Crippen LogP contribution in [0.3, 0.4) is 0 Å². The molecule has 3 heteroatoms. The molecule has 0 saturated carbocycles. The van der Waals surface area contributed by atoms with Crippen LogP contribution in [0.25, 0.3) is 11.0 Å². The van der Waals surface area contributed by atoms with Gasteiger partial charge in [0.25, 0.3) is 0 Å². The first-order chi connectivity index (χ1) is 7.42. The van der Waals surface area contributed by atoms with Crippen LogP contribution in [0.5, 0.6) is 5.75 Å². The Bertz CT molecular complexity index is 455. The third-order valence-electron chi connectivity index (χ3n) is 2.62. The van der Waals surface area contributed by atoms with E-state index in [2.05, 4.69) is 0 Å². The van der Waals surface area contributed by atoms with E-state index in [0.717, 1.165) is 29.7 Å². The Kier molecular flexibility index (Phi) is 2.10. The summed E-state index contributed by atoms with van der Waals surface area (Å²) in [6.07, 6.45) is 2.85. The predicted octanol–water partition coefficient (Wildman–Crippen LogP) is 2.60. The third-order valence-corrected chi connectivity index (χ3v) is 2.62. The Morgan fingerprint density at radius 2 is 2.27 bits per heavy atom. The van der Waals surface area contributed by atoms with Crippen LogP contribution in [0.15, 0.2) is 34.9 Å². The molecule has 1 aliphatic heterocycles. The molecular formula is C12H12O3. The summed E-state index contributed by atoms with van der Waals surface area (Å²) in [5, 5.41) is 1.10. The molecule has 0 unspecified atom stereocenters. The normalized spacial score (nSPS) is 20.9. The number of ether oxygens (including phenoxy) is 2. The topological polar surface area (TPSA) is 31.6 Å². The Labute approximate surface area is 87.6 Å². The molecule has 15 heavy (non-hydrogen) atoms. The summed E-state index contributed by atoms with van der Waals surface area (Å²) < 4.78 is 16.3. The van der Waals surface area contributed by atoms with Gasteiger partial charge in [0.05, 0.1) is 19.5 Å². The average Bonchev–Trinajstić information content (AvgIpc) is 2.87. The van der Waals surface area contributed by atoms with Crippen LogP contribution in [0.2, 0.25) is 0 Å². The lowest BCUT2D eigenvalue weighted by Crippen LogP contribution is -2.15. The van der Waals surface area contributed by atoms with Crippen molar-refractivity contribution in [3.8, 4) is 5.75 Å². The first-order valence-electron chi connectivity index (χ1n) is 5.13. The van der Waals surface area contributed by atoms with Crippen LogP contribution < -0.4 is 4.74 Å². The molecule has 0 spiro atoms. The van der Waals surface area contributed by atoms with Gasteiger partial charge in [-0.1, -0.05) is 0 Å². The molecule has 2 heterocycles. The Hall–Kier alpha value is -1.48. The standard InChI is InChI=1S/C12H12O3/c1-2-10(15-11-4-5-13-8-11)7-12-9(1)3-6-14-12/h1-3,6-7,11H,4-5,8H2/t11-/m0/s1. The quantitative estimate of drug-likeness (QED) is 0.753. The number of furan rings is 1. The molecule has 2 aromatic rings. The number of fused-ring (bicyclic) bond motifs is 1. The zero-order chi connectivity index (χ0) is 10.1. The largest absolute Gasteiger partial charge is 0.488 e. The number of hydrogen-bond donors (Lipinski definition) is 0. The highest BCUT2D eigenvalue weighted by atomic mass is 16.5. The highest BCUT2D eigenvalue weighted by Crippen LogP contribution is 2.23. The van der Waals surface area contributed by atoms with E-state index in [0.29, 0.717) is 6.61 Å². The molecule has 78 valence electrons. The van der Waals surface area contributed by atoms with E-state index in [-0.39, 0.29) is 6.10 Å². The smallest absolute Gasteiger partial charge is 0.137 e. The lowest BCUT2D eigenvalue weighted by molar-refractivity contribution is 0.141. The fraction of sp³-hybridized carbons (Fsp3) is 0.333. The van der Waals surface area contributed by atoms with Crippen LogP contribution in [0.4, 0.5) is 0 Å². The third kappa shape index (κ3) is 1.70. The molecule has 3 rings (SSSR count). The van der Waals surface area contributed by atoms with Crippen molar-refractivity contribution in [2.75, 3.05) is 13.2 Å². The molecule has 1 aliphatic rings. The fourth-order valence-electron chi connectivity index (χ4n) is 1.81. The number of rotatable bonds is 2. The van der Waals surface area contributed by atoms with Crippen molar-refractivity contribution in [1.29, 1.82) is 0 Å². The lowest BCUT2D eigenvalue weighted by atomic mass is 10.2. The molecule has 0 amide bonds. The van der Waals surface area contributed by atoms with Gasteiger partial charge in [0.2, 0.25) is 0 Å². The van der Waals surface area contributed by atoms with Gasteiger partial charge in [-0.25, -0.2) is 0 Å². The van der Waals surface area contributed by atoms with Crippen molar-refractivity contribution < 1.29 is 13.9 Å². The first kappa shape index (κ1) is 8.80. The predicted molar refractivity (Wildman–Crippen MR) is 56.1 cm³/mol. The highest BCUT2D eigenvalue weighted by molar-refractivity contribution is 5.78. The van der Waals surface area contributed by atoms with E-state index in [9.17, 15) is 0 Å². The molecule has 1 atom stereocenters. The molecule has 0 bridgehead atoms. The van der Waals surface area contributed by atoms with Crippen LogP contribution in [-0.2, 0) is 4.74 Å². The van der Waals surface area contributed by atoms with Gasteiger partial charge in [-0.2, -0.15) is 0 Å². The van der Waals surface area contributed by atoms with Gasteiger partial charge in [-0.05, 0) is 18.2 Å². The SMILES string of the molecule is c1cc2ccc(O[C@H]3CCOC3)cc2o1. The molecule has 1 saturated heterocycles. The highest BCUT2D eigenvalue weighted by Gasteiger charge is 2.17. The summed E-state index contributed by atoms with van der Waals surface area (Å²) in [7, 11) is 0. The van der Waals surface area contributed by atoms with E-state index in [1.807, 2.05) is 24.3 Å². The zero-order valence-electron chi connectivity index (χ0n) is 8.31. The van der Waals surface area contributed by atoms with Crippen LogP contribution in [0, 0.1) is 0 Å². The maximum absolute atomic E-state index is 5.77. The second kappa shape index (κ2) is 3.59. The molecule has 0 N–H and O–H groups in total. The van der Waals surface area contributed by atoms with Crippen LogP contribution in [0.1, 0.15) is 6.42 Å². The minimum absolute atomic E-state index is 0.192. The monoisotopic (exact) mass is 204 g/mol. The van der Waals surface area contributed by atoms with Crippen molar-refractivity contribution in [3.05, 3.63) is 30.5 Å². The van der Waals surface area contributed by atoms with Crippen molar-refractivity contribution in [1.82, 2.24) is 0 Å². The molecule has 3 nitrogen and oxygen atoms in total. The van der Waals surface area contributed by atoms with Gasteiger partial charge in [-0.15, -0.1) is 0 Å². The summed E-state index contributed by atoms with van der Waals surface area (Å²) in [5.41, 5.74) is 0.867. The van der Waals surface area contributed by atoms with E-state index >= 15 is 0 Å². The molecule has 1 aromatic heterocycles. The van der Waals surface area contributed by atoms with Crippen molar-refractivity contribution in [2.45, 2.75) is 12.5 Å². The molecule has 0 aliphatic carbocycles. The first-order valence-corrected chi connectivity index (χ1v) is 5.13. The summed E-state index contributed by atoms with van der Waals surface area (Å²) in [4.78, 5) is 0. The van der Waals surface area contributed by atoms with E-state index < -0.39 is 0 Å². The van der Waals surface area contributed by atoms with Gasteiger partial charge in [0.1, 0.15) is 17.4 Å². The van der Waals surface area contributed by atoms with Crippen molar-refractivity contribution in [3.63, 3.8) is 0 Å². The van der Waals surface area contributed by atoms with E-state index in [4.69, 9.17) is 13.9 Å². The van der Waals surface area contributed by atoms with Gasteiger partial charge >= 0.3 is 0 Å². The van der Waals surface area contributed by atoms with Crippen LogP contribution >= 0.6 is 0 Å². The maximum Gasteiger partial charge on any atom is 0.137 e. The molecule has 1 fully saturated rings. The molecule has 1 aromatic carbocycles. The lowest BCUT2D eigenvalue weighted by Gasteiger charge is -2.11. The Morgan fingerprint density at radius 1 is 1.27 bits per heavy atom. The summed E-state index contributed by atoms with van der Waals surface area (Å²) in [6.45, 7) is 1.49. The van der Waals surface area contributed by atoms with Gasteiger partial charge < -0.3 is 13.9 Å². The average molecular weight is 204 g/mol.